The molecule has 0 saturated carbocycles. The molecule has 1 aromatic rings. The number of nitrogens with zero attached hydrogens (tertiary/aromatic N) is 5. The first kappa shape index (κ1) is 11.5. The van der Waals surface area contributed by atoms with E-state index in [1.54, 1.807) is 0 Å². The van der Waals surface area contributed by atoms with Gasteiger partial charge in [-0.25, -0.2) is 17.6 Å². The Morgan fingerprint density at radius 2 is 2.33 bits per heavy atom. The van der Waals surface area contributed by atoms with Gasteiger partial charge in [-0.1, -0.05) is 0 Å². The molecule has 82 valence electrons. The van der Waals surface area contributed by atoms with Gasteiger partial charge in [-0.3, -0.25) is 0 Å². The molecule has 0 atom stereocenters. The second-order valence-corrected chi connectivity index (χ2v) is 4.86. The topological polar surface area (TPSA) is 91.7 Å². The molecular weight excluding hydrogens is 218 g/mol. The van der Waals surface area contributed by atoms with Crippen LogP contribution in [0.3, 0.4) is 0 Å². The zero-order chi connectivity index (χ0) is 11.3. The molecule has 1 heterocycles. The first-order chi connectivity index (χ1) is 7.03. The smallest absolute Gasteiger partial charge is 0.240 e. The van der Waals surface area contributed by atoms with Crippen LogP contribution in [-0.2, 0) is 23.6 Å². The highest BCUT2D eigenvalue weighted by Crippen LogP contribution is 1.98. The van der Waals surface area contributed by atoms with Crippen LogP contribution >= 0.6 is 0 Å². The number of hydrogen-bond donors (Lipinski definition) is 0. The molecule has 15 heavy (non-hydrogen) atoms. The normalized spacial score (nSPS) is 11.0. The summed E-state index contributed by atoms with van der Waals surface area (Å²) in [4.78, 5) is 2.26. The van der Waals surface area contributed by atoms with Crippen LogP contribution in [0, 0.1) is 0 Å². The Morgan fingerprint density at radius 3 is 2.87 bits per heavy atom. The molecule has 0 aliphatic rings. The van der Waals surface area contributed by atoms with Gasteiger partial charge in [0.15, 0.2) is 0 Å². The molecule has 0 fully saturated rings. The molecule has 1 rings (SSSR count). The van der Waals surface area contributed by atoms with E-state index in [-0.39, 0.29) is 5.75 Å². The Bertz CT molecular complexity index is 471. The van der Waals surface area contributed by atoms with E-state index in [1.807, 2.05) is 34.9 Å². The Kier molecular flexibility index (Phi) is 3.70. The molecule has 0 spiro atoms. The predicted octanol–water partition coefficient (Wildman–Crippen LogP) is 0.343. The molecule has 0 aromatic carbocycles. The van der Waals surface area contributed by atoms with Gasteiger partial charge in [0.25, 0.3) is 0 Å². The summed E-state index contributed by atoms with van der Waals surface area (Å²) in [7, 11) is -1.72. The predicted molar refractivity (Wildman–Crippen MR) is 53.2 cm³/mol. The Balaban J connectivity index is 2.43. The van der Waals surface area contributed by atoms with Crippen molar-refractivity contribution in [3.8, 4) is 0 Å². The van der Waals surface area contributed by atoms with Gasteiger partial charge in [0, 0.05) is 9.43 Å². The first-order valence-corrected chi connectivity index (χ1v) is 5.94. The first-order valence-electron chi connectivity index (χ1n) is 4.33. The Labute approximate surface area is 87.6 Å². The minimum atomic E-state index is -3.61. The maximum Gasteiger partial charge on any atom is 0.243 e. The third-order valence-corrected chi connectivity index (χ3v) is 2.93. The van der Waals surface area contributed by atoms with Crippen molar-refractivity contribution in [2.75, 3.05) is 5.75 Å². The summed E-state index contributed by atoms with van der Waals surface area (Å²) in [6.07, 6.45) is 5.98. The number of imidazole rings is 1. The second-order valence-electron chi connectivity index (χ2n) is 3.13. The molecule has 7 nitrogen and oxygen atoms in total. The molecule has 1 aromatic heterocycles. The third kappa shape index (κ3) is 4.01. The van der Waals surface area contributed by atoms with Crippen LogP contribution in [0.15, 0.2) is 23.2 Å². The average molecular weight is 230 g/mol. The lowest BCUT2D eigenvalue weighted by Crippen LogP contribution is -2.23. The molecule has 0 aliphatic heterocycles. The standard InChI is InChI=1S/C7H12N5O2S/c1-11-4-5-12(7-11)3-2-6-15(13,14)10-9-8/h4-5,7H,2-3,6H2,1H3/q+1. The highest BCUT2D eigenvalue weighted by Gasteiger charge is 2.08. The molecule has 8 heteroatoms. The van der Waals surface area contributed by atoms with Crippen molar-refractivity contribution in [1.82, 2.24) is 4.57 Å². The van der Waals surface area contributed by atoms with E-state index in [1.165, 1.54) is 0 Å². The van der Waals surface area contributed by atoms with Crippen molar-refractivity contribution < 1.29 is 13.0 Å². The van der Waals surface area contributed by atoms with E-state index in [0.717, 1.165) is 0 Å². The van der Waals surface area contributed by atoms with E-state index in [4.69, 9.17) is 5.53 Å². The van der Waals surface area contributed by atoms with Gasteiger partial charge in [-0.2, -0.15) is 0 Å². The quantitative estimate of drug-likeness (QED) is 0.316. The fraction of sp³-hybridized carbons (Fsp3) is 0.571. The van der Waals surface area contributed by atoms with Crippen LogP contribution in [0.2, 0.25) is 0 Å². The summed E-state index contributed by atoms with van der Waals surface area (Å²) < 4.78 is 28.4. The number of azide groups is 1. The third-order valence-electron chi connectivity index (χ3n) is 1.80. The lowest BCUT2D eigenvalue weighted by Gasteiger charge is -1.95. The summed E-state index contributed by atoms with van der Waals surface area (Å²) in [6.45, 7) is 0.584. The van der Waals surface area contributed by atoms with Crippen LogP contribution in [0.1, 0.15) is 6.42 Å². The summed E-state index contributed by atoms with van der Waals surface area (Å²) in [5.41, 5.74) is 7.99. The molecule has 0 bridgehead atoms. The van der Waals surface area contributed by atoms with Gasteiger partial charge in [-0.05, 0) is 12.0 Å². The van der Waals surface area contributed by atoms with Crippen LogP contribution in [0.5, 0.6) is 0 Å². The van der Waals surface area contributed by atoms with Gasteiger partial charge < -0.3 is 0 Å². The van der Waals surface area contributed by atoms with Crippen molar-refractivity contribution in [1.29, 1.82) is 0 Å². The van der Waals surface area contributed by atoms with Gasteiger partial charge in [0.2, 0.25) is 16.4 Å². The number of rotatable bonds is 5. The SMILES string of the molecule is C[n+]1ccn(CCCS(=O)(=O)N=[N+]=[N-])c1. The minimum Gasteiger partial charge on any atom is -0.240 e. The number of sulfonamides is 1. The van der Waals surface area contributed by atoms with Crippen molar-refractivity contribution in [2.24, 2.45) is 11.6 Å². The summed E-state index contributed by atoms with van der Waals surface area (Å²) in [5, 5.41) is 0. The Hall–Kier alpha value is -1.53. The lowest BCUT2D eigenvalue weighted by molar-refractivity contribution is -0.671. The summed E-state index contributed by atoms with van der Waals surface area (Å²) in [6, 6.07) is 0. The number of aryl methyl sites for hydroxylation is 2. The van der Waals surface area contributed by atoms with Gasteiger partial charge >= 0.3 is 0 Å². The van der Waals surface area contributed by atoms with Crippen molar-refractivity contribution >= 4 is 10.0 Å². The van der Waals surface area contributed by atoms with Crippen molar-refractivity contribution in [3.05, 3.63) is 29.2 Å². The van der Waals surface area contributed by atoms with Crippen molar-refractivity contribution in [2.45, 2.75) is 13.0 Å². The van der Waals surface area contributed by atoms with E-state index >= 15 is 0 Å². The van der Waals surface area contributed by atoms with Gasteiger partial charge in [-0.15, -0.1) is 0 Å². The van der Waals surface area contributed by atoms with E-state index in [0.29, 0.717) is 13.0 Å². The molecule has 0 N–H and O–H groups in total. The maximum atomic E-state index is 11.0. The molecular formula is C7H12N5O2S+. The van der Waals surface area contributed by atoms with Crippen LogP contribution in [0.4, 0.5) is 0 Å². The summed E-state index contributed by atoms with van der Waals surface area (Å²) in [5.74, 6) is -0.126. The maximum absolute atomic E-state index is 11.0. The molecule has 0 unspecified atom stereocenters. The van der Waals surface area contributed by atoms with Gasteiger partial charge in [0.05, 0.1) is 19.3 Å². The van der Waals surface area contributed by atoms with Crippen molar-refractivity contribution in [3.63, 3.8) is 0 Å². The van der Waals surface area contributed by atoms with Crippen LogP contribution < -0.4 is 4.57 Å². The molecule has 0 aliphatic carbocycles. The average Bonchev–Trinajstić information content (AvgIpc) is 2.51. The highest BCUT2D eigenvalue weighted by atomic mass is 32.2. The highest BCUT2D eigenvalue weighted by molar-refractivity contribution is 7.89. The minimum absolute atomic E-state index is 0.126. The van der Waals surface area contributed by atoms with E-state index < -0.39 is 10.0 Å². The largest absolute Gasteiger partial charge is 0.243 e. The Morgan fingerprint density at radius 1 is 1.60 bits per heavy atom. The van der Waals surface area contributed by atoms with Crippen LogP contribution in [0.25, 0.3) is 10.4 Å². The van der Waals surface area contributed by atoms with E-state index in [9.17, 15) is 8.42 Å². The van der Waals surface area contributed by atoms with Crippen LogP contribution in [-0.4, -0.2) is 18.7 Å². The van der Waals surface area contributed by atoms with E-state index in [2.05, 4.69) is 9.43 Å². The zero-order valence-electron chi connectivity index (χ0n) is 8.31. The fourth-order valence-electron chi connectivity index (χ4n) is 1.16. The monoisotopic (exact) mass is 230 g/mol. The molecule has 0 radical (unpaired) electrons. The zero-order valence-corrected chi connectivity index (χ0v) is 9.13. The molecule has 0 saturated heterocycles. The fourth-order valence-corrected chi connectivity index (χ4v) is 1.85. The molecule has 0 amide bonds. The summed E-state index contributed by atoms with van der Waals surface area (Å²) >= 11 is 0. The number of aromatic nitrogens is 2. The number of hydrogen-bond acceptors (Lipinski definition) is 2. The van der Waals surface area contributed by atoms with Gasteiger partial charge in [0.1, 0.15) is 12.4 Å². The second kappa shape index (κ2) is 4.81. The lowest BCUT2D eigenvalue weighted by atomic mass is 10.5.